The Bertz CT molecular complexity index is 1580. The van der Waals surface area contributed by atoms with Crippen LogP contribution in [0.2, 0.25) is 0 Å². The van der Waals surface area contributed by atoms with Gasteiger partial charge in [0.25, 0.3) is 0 Å². The van der Waals surface area contributed by atoms with Gasteiger partial charge >= 0.3 is 11.9 Å². The summed E-state index contributed by atoms with van der Waals surface area (Å²) in [4.78, 5) is 37.5. The van der Waals surface area contributed by atoms with Gasteiger partial charge in [0.15, 0.2) is 12.4 Å². The molecule has 9 heteroatoms. The van der Waals surface area contributed by atoms with Gasteiger partial charge in [-0.15, -0.1) is 0 Å². The summed E-state index contributed by atoms with van der Waals surface area (Å²) in [5.41, 5.74) is 0. The number of hydrogen-bond donors (Lipinski definition) is 0. The van der Waals surface area contributed by atoms with Crippen molar-refractivity contribution in [1.82, 2.24) is 0 Å². The molecule has 0 bridgehead atoms. The van der Waals surface area contributed by atoms with Gasteiger partial charge in [-0.05, 0) is 77.0 Å². The Labute approximate surface area is 526 Å². The molecule has 0 rings (SSSR count). The first-order valence-corrected chi connectivity index (χ1v) is 36.4. The van der Waals surface area contributed by atoms with Gasteiger partial charge in [0.1, 0.15) is 13.2 Å². The quantitative estimate of drug-likeness (QED) is 0.0195. The van der Waals surface area contributed by atoms with Crippen LogP contribution in [0.15, 0.2) is 60.8 Å². The lowest BCUT2D eigenvalue weighted by molar-refractivity contribution is -0.870. The molecular weight excluding hydrogens is 1050 g/mol. The number of nitrogens with zero attached hydrogens (tertiary/aromatic N) is 1. The van der Waals surface area contributed by atoms with Crippen LogP contribution in [0.5, 0.6) is 0 Å². The van der Waals surface area contributed by atoms with E-state index in [1.54, 1.807) is 0 Å². The summed E-state index contributed by atoms with van der Waals surface area (Å²) >= 11 is 0. The highest BCUT2D eigenvalue weighted by molar-refractivity contribution is 5.70. The number of hydrogen-bond acceptors (Lipinski definition) is 8. The van der Waals surface area contributed by atoms with Crippen LogP contribution in [0.4, 0.5) is 0 Å². The largest absolute Gasteiger partial charge is 0.545 e. The maximum Gasteiger partial charge on any atom is 0.306 e. The van der Waals surface area contributed by atoms with Crippen molar-refractivity contribution in [2.75, 3.05) is 47.5 Å². The summed E-state index contributed by atoms with van der Waals surface area (Å²) in [6.45, 7) is 4.67. The number of esters is 2. The molecule has 9 nitrogen and oxygen atoms in total. The molecule has 0 N–H and O–H groups in total. The minimum Gasteiger partial charge on any atom is -0.545 e. The Kier molecular flexibility index (Phi) is 64.6. The van der Waals surface area contributed by atoms with Crippen molar-refractivity contribution in [3.05, 3.63) is 60.8 Å². The van der Waals surface area contributed by atoms with E-state index in [2.05, 4.69) is 74.6 Å². The van der Waals surface area contributed by atoms with Crippen LogP contribution in [0, 0.1) is 0 Å². The van der Waals surface area contributed by atoms with Crippen LogP contribution in [0.25, 0.3) is 0 Å². The summed E-state index contributed by atoms with van der Waals surface area (Å²) in [7, 11) is 5.93. The van der Waals surface area contributed by atoms with Gasteiger partial charge in [0.2, 0.25) is 0 Å². The summed E-state index contributed by atoms with van der Waals surface area (Å²) in [6, 6.07) is 0. The number of carbonyl (C=O) groups excluding carboxylic acids is 3. The zero-order valence-corrected chi connectivity index (χ0v) is 56.7. The predicted octanol–water partition coefficient (Wildman–Crippen LogP) is 21.4. The van der Waals surface area contributed by atoms with Crippen LogP contribution in [0.1, 0.15) is 348 Å². The van der Waals surface area contributed by atoms with E-state index in [0.29, 0.717) is 23.9 Å². The molecule has 0 radical (unpaired) electrons. The van der Waals surface area contributed by atoms with Crippen molar-refractivity contribution >= 4 is 17.9 Å². The van der Waals surface area contributed by atoms with Gasteiger partial charge in [-0.25, -0.2) is 0 Å². The average Bonchev–Trinajstić information content (AvgIpc) is 3.48. The summed E-state index contributed by atoms with van der Waals surface area (Å²) in [5.74, 6) is -2.28. The minimum atomic E-state index is -1.63. The Morgan fingerprint density at radius 3 is 1.01 bits per heavy atom. The predicted molar refractivity (Wildman–Crippen MR) is 362 cm³/mol. The lowest BCUT2D eigenvalue weighted by atomic mass is 10.0. The third-order valence-corrected chi connectivity index (χ3v) is 16.2. The van der Waals surface area contributed by atoms with E-state index in [1.165, 1.54) is 244 Å². The molecule has 0 saturated carbocycles. The number of allylic oxidation sites excluding steroid dienone is 10. The van der Waals surface area contributed by atoms with Gasteiger partial charge in [0.05, 0.1) is 40.3 Å². The van der Waals surface area contributed by atoms with E-state index in [9.17, 15) is 19.5 Å². The van der Waals surface area contributed by atoms with Crippen molar-refractivity contribution in [2.24, 2.45) is 0 Å². The number of ether oxygens (including phenoxy) is 4. The smallest absolute Gasteiger partial charge is 0.306 e. The highest BCUT2D eigenvalue weighted by Gasteiger charge is 2.22. The zero-order chi connectivity index (χ0) is 61.9. The van der Waals surface area contributed by atoms with Gasteiger partial charge in [-0.2, -0.15) is 0 Å². The Morgan fingerprint density at radius 1 is 0.365 bits per heavy atom. The molecule has 0 aromatic heterocycles. The van der Waals surface area contributed by atoms with E-state index in [4.69, 9.17) is 18.9 Å². The van der Waals surface area contributed by atoms with Gasteiger partial charge in [-0.1, -0.05) is 319 Å². The fourth-order valence-corrected chi connectivity index (χ4v) is 10.7. The molecule has 2 atom stereocenters. The molecule has 0 saturated heterocycles. The van der Waals surface area contributed by atoms with E-state index in [0.717, 1.165) is 70.6 Å². The minimum absolute atomic E-state index is 0.146. The Morgan fingerprint density at radius 2 is 0.671 bits per heavy atom. The molecule has 85 heavy (non-hydrogen) atoms. The van der Waals surface area contributed by atoms with Crippen molar-refractivity contribution in [2.45, 2.75) is 360 Å². The second-order valence-corrected chi connectivity index (χ2v) is 25.9. The first-order valence-electron chi connectivity index (χ1n) is 36.4. The lowest BCUT2D eigenvalue weighted by Gasteiger charge is -2.26. The van der Waals surface area contributed by atoms with Crippen molar-refractivity contribution < 1.29 is 42.9 Å². The molecule has 0 aliphatic heterocycles. The average molecular weight is 1190 g/mol. The number of unbranched alkanes of at least 4 members (excludes halogenated alkanes) is 43. The zero-order valence-electron chi connectivity index (χ0n) is 56.7. The number of carboxylic acids is 1. The molecule has 0 aliphatic carbocycles. The van der Waals surface area contributed by atoms with Crippen LogP contribution in [0.3, 0.4) is 0 Å². The van der Waals surface area contributed by atoms with Crippen molar-refractivity contribution in [3.63, 3.8) is 0 Å². The topological polar surface area (TPSA) is 111 Å². The number of carbonyl (C=O) groups is 3. The SMILES string of the molecule is CC/C=C\C/C=C\C/C=C\C/C=C\CCCCCCCCCCC(=O)OC(COC(=O)CCCCCCCCCCCCCCCCCCCCCCCCCCCCC/C=C\CCCCCCCCCC)COC(OCC[N+](C)(C)C)C(=O)[O-]. The standard InChI is InChI=1S/C76H139NO8/c1-6-8-10-12-14-16-18-20-22-24-26-28-29-30-31-32-33-34-35-36-37-38-39-40-41-42-43-44-45-47-48-50-52-54-56-58-60-62-64-66-73(78)83-70-72(71-84-76(75(80)81)82-69-68-77(3,4)5)85-74(79)67-65-63-61-59-57-55-53-51-49-46-27-25-23-21-19-17-15-13-11-9-7-2/h9,11,15,17,21,23-24,26-27,46,72,76H,6-8,10,12-14,16,18-20,22,25,28-45,47-71H2,1-5H3/b11-9-,17-15-,23-21-,26-24-,46-27-. The summed E-state index contributed by atoms with van der Waals surface area (Å²) < 4.78 is 22.8. The Hall–Kier alpha value is -3.01. The van der Waals surface area contributed by atoms with Gasteiger partial charge in [0, 0.05) is 12.8 Å². The molecule has 496 valence electrons. The first-order chi connectivity index (χ1) is 41.6. The number of quaternary nitrogens is 1. The van der Waals surface area contributed by atoms with Crippen molar-refractivity contribution in [3.8, 4) is 0 Å². The third-order valence-electron chi connectivity index (χ3n) is 16.2. The maximum atomic E-state index is 12.9. The first kappa shape index (κ1) is 82.0. The second-order valence-electron chi connectivity index (χ2n) is 25.9. The molecule has 0 aromatic carbocycles. The lowest BCUT2D eigenvalue weighted by Crippen LogP contribution is -2.44. The second kappa shape index (κ2) is 66.9. The highest BCUT2D eigenvalue weighted by Crippen LogP contribution is 2.19. The number of likely N-dealkylation sites (N-methyl/N-ethyl adjacent to an activating group) is 1. The number of rotatable bonds is 68. The fourth-order valence-electron chi connectivity index (χ4n) is 10.7. The molecule has 0 amide bonds. The molecule has 0 aromatic rings. The van der Waals surface area contributed by atoms with E-state index in [1.807, 2.05) is 21.1 Å². The third kappa shape index (κ3) is 68.3. The van der Waals surface area contributed by atoms with Crippen molar-refractivity contribution in [1.29, 1.82) is 0 Å². The van der Waals surface area contributed by atoms with Crippen LogP contribution in [-0.4, -0.2) is 82.3 Å². The molecule has 0 aliphatic rings. The maximum absolute atomic E-state index is 12.9. The van der Waals surface area contributed by atoms with Crippen LogP contribution < -0.4 is 5.11 Å². The van der Waals surface area contributed by atoms with E-state index in [-0.39, 0.29) is 32.2 Å². The Balaban J connectivity index is 3.96. The van der Waals surface area contributed by atoms with Gasteiger partial charge < -0.3 is 33.3 Å². The fraction of sp³-hybridized carbons (Fsp3) is 0.829. The monoisotopic (exact) mass is 1190 g/mol. The molecule has 0 heterocycles. The molecular formula is C76H139NO8. The summed E-state index contributed by atoms with van der Waals surface area (Å²) in [6.07, 6.45) is 84.8. The van der Waals surface area contributed by atoms with Crippen LogP contribution >= 0.6 is 0 Å². The van der Waals surface area contributed by atoms with E-state index < -0.39 is 24.3 Å². The molecule has 0 spiro atoms. The van der Waals surface area contributed by atoms with E-state index >= 15 is 0 Å². The normalized spacial score (nSPS) is 13.0. The summed E-state index contributed by atoms with van der Waals surface area (Å²) in [5, 5.41) is 11.8. The number of aliphatic carboxylic acids is 1. The number of carboxylic acid groups (broad SMARTS) is 1. The van der Waals surface area contributed by atoms with Gasteiger partial charge in [-0.3, -0.25) is 9.59 Å². The molecule has 0 fully saturated rings. The highest BCUT2D eigenvalue weighted by atomic mass is 16.7. The van der Waals surface area contributed by atoms with Crippen LogP contribution in [-0.2, 0) is 33.3 Å². The molecule has 2 unspecified atom stereocenters.